The molecule has 4 nitrogen and oxygen atoms in total. The molecule has 1 fully saturated rings. The molecule has 1 N–H and O–H groups in total. The summed E-state index contributed by atoms with van der Waals surface area (Å²) in [6.45, 7) is 8.38. The van der Waals surface area contributed by atoms with Gasteiger partial charge in [0.1, 0.15) is 11.6 Å². The van der Waals surface area contributed by atoms with Gasteiger partial charge in [-0.05, 0) is 32.4 Å². The minimum absolute atomic E-state index is 0.0474. The summed E-state index contributed by atoms with van der Waals surface area (Å²) in [6.07, 6.45) is 2.71. The van der Waals surface area contributed by atoms with Gasteiger partial charge in [-0.25, -0.2) is 0 Å². The molecule has 0 aliphatic carbocycles. The van der Waals surface area contributed by atoms with E-state index in [1.165, 1.54) is 0 Å². The number of amides is 2. The van der Waals surface area contributed by atoms with Crippen LogP contribution in [0.25, 0.3) is 0 Å². The van der Waals surface area contributed by atoms with E-state index in [4.69, 9.17) is 0 Å². The van der Waals surface area contributed by atoms with Crippen LogP contribution in [0.2, 0.25) is 0 Å². The Bertz CT molecular complexity index is 329. The monoisotopic (exact) mass is 272 g/mol. The van der Waals surface area contributed by atoms with Crippen molar-refractivity contribution in [3.63, 3.8) is 0 Å². The number of piperazine rings is 1. The van der Waals surface area contributed by atoms with Crippen molar-refractivity contribution in [3.05, 3.63) is 0 Å². The molecule has 0 aromatic heterocycles. The Morgan fingerprint density at radius 3 is 2.50 bits per heavy atom. The molecule has 0 saturated carbocycles. The predicted molar refractivity (Wildman–Crippen MR) is 75.6 cm³/mol. The fourth-order valence-corrected chi connectivity index (χ4v) is 2.55. The molecule has 5 heteroatoms. The first-order valence-corrected chi connectivity index (χ1v) is 7.81. The van der Waals surface area contributed by atoms with Crippen molar-refractivity contribution in [2.24, 2.45) is 5.92 Å². The second kappa shape index (κ2) is 5.95. The molecule has 1 aliphatic heterocycles. The Balaban J connectivity index is 2.87. The fourth-order valence-electron chi connectivity index (χ4n) is 2.19. The SMILES string of the molecule is CSCCN1C(=O)C(CC(C)C)NC(=O)C1(C)C. The largest absolute Gasteiger partial charge is 0.342 e. The summed E-state index contributed by atoms with van der Waals surface area (Å²) in [5, 5.41) is 2.86. The highest BCUT2D eigenvalue weighted by Crippen LogP contribution is 2.23. The Kier molecular flexibility index (Phi) is 5.08. The molecule has 1 saturated heterocycles. The molecule has 0 radical (unpaired) electrons. The van der Waals surface area contributed by atoms with Crippen LogP contribution in [0.3, 0.4) is 0 Å². The standard InChI is InChI=1S/C13H24N2O2S/c1-9(2)8-10-11(16)15(6-7-18-5)13(3,4)12(17)14-10/h9-10H,6-8H2,1-5H3,(H,14,17). The zero-order valence-electron chi connectivity index (χ0n) is 11.9. The molecule has 2 amide bonds. The van der Waals surface area contributed by atoms with Crippen LogP contribution in [-0.4, -0.2) is 46.8 Å². The predicted octanol–water partition coefficient (Wildman–Crippen LogP) is 1.50. The minimum atomic E-state index is -0.736. The molecule has 0 aromatic rings. The van der Waals surface area contributed by atoms with Gasteiger partial charge in [0, 0.05) is 12.3 Å². The van der Waals surface area contributed by atoms with E-state index in [1.54, 1.807) is 16.7 Å². The average Bonchev–Trinajstić information content (AvgIpc) is 2.25. The number of nitrogens with one attached hydrogen (secondary N) is 1. The van der Waals surface area contributed by atoms with E-state index in [9.17, 15) is 9.59 Å². The van der Waals surface area contributed by atoms with Gasteiger partial charge in [-0.1, -0.05) is 13.8 Å². The molecule has 1 heterocycles. The maximum Gasteiger partial charge on any atom is 0.246 e. The van der Waals surface area contributed by atoms with Gasteiger partial charge in [0.15, 0.2) is 0 Å². The molecule has 18 heavy (non-hydrogen) atoms. The Labute approximate surface area is 114 Å². The van der Waals surface area contributed by atoms with Gasteiger partial charge in [0.2, 0.25) is 11.8 Å². The maximum absolute atomic E-state index is 12.4. The van der Waals surface area contributed by atoms with Crippen LogP contribution >= 0.6 is 11.8 Å². The molecule has 0 spiro atoms. The first kappa shape index (κ1) is 15.3. The molecule has 104 valence electrons. The van der Waals surface area contributed by atoms with E-state index >= 15 is 0 Å². The lowest BCUT2D eigenvalue weighted by Gasteiger charge is -2.44. The third-order valence-corrected chi connectivity index (χ3v) is 3.92. The van der Waals surface area contributed by atoms with Crippen LogP contribution in [0.1, 0.15) is 34.1 Å². The summed E-state index contributed by atoms with van der Waals surface area (Å²) >= 11 is 1.69. The molecule has 0 aromatic carbocycles. The minimum Gasteiger partial charge on any atom is -0.342 e. The van der Waals surface area contributed by atoms with E-state index in [-0.39, 0.29) is 17.9 Å². The van der Waals surface area contributed by atoms with Crippen LogP contribution in [0, 0.1) is 5.92 Å². The van der Waals surface area contributed by atoms with Crippen molar-refractivity contribution in [2.75, 3.05) is 18.6 Å². The second-order valence-electron chi connectivity index (χ2n) is 5.70. The van der Waals surface area contributed by atoms with Gasteiger partial charge in [-0.3, -0.25) is 9.59 Å². The Morgan fingerprint density at radius 2 is 2.00 bits per heavy atom. The van der Waals surface area contributed by atoms with Gasteiger partial charge < -0.3 is 10.2 Å². The van der Waals surface area contributed by atoms with E-state index in [0.717, 1.165) is 5.75 Å². The highest BCUT2D eigenvalue weighted by Gasteiger charge is 2.45. The van der Waals surface area contributed by atoms with Crippen LogP contribution < -0.4 is 5.32 Å². The van der Waals surface area contributed by atoms with E-state index in [0.29, 0.717) is 18.9 Å². The number of thioether (sulfide) groups is 1. The first-order chi connectivity index (χ1) is 8.30. The maximum atomic E-state index is 12.4. The Hall–Kier alpha value is -0.710. The number of hydrogen-bond acceptors (Lipinski definition) is 3. The fraction of sp³-hybridized carbons (Fsp3) is 0.846. The van der Waals surface area contributed by atoms with Crippen molar-refractivity contribution < 1.29 is 9.59 Å². The van der Waals surface area contributed by atoms with E-state index in [2.05, 4.69) is 19.2 Å². The summed E-state index contributed by atoms with van der Waals surface area (Å²) < 4.78 is 0. The lowest BCUT2D eigenvalue weighted by atomic mass is 9.92. The highest BCUT2D eigenvalue weighted by atomic mass is 32.2. The van der Waals surface area contributed by atoms with Crippen LogP contribution in [0.15, 0.2) is 0 Å². The van der Waals surface area contributed by atoms with Gasteiger partial charge in [0.25, 0.3) is 0 Å². The topological polar surface area (TPSA) is 49.4 Å². The summed E-state index contributed by atoms with van der Waals surface area (Å²) in [6, 6.07) is -0.354. The normalized spacial score (nSPS) is 23.4. The highest BCUT2D eigenvalue weighted by molar-refractivity contribution is 7.98. The number of carbonyl (C=O) groups is 2. The zero-order valence-corrected chi connectivity index (χ0v) is 12.8. The lowest BCUT2D eigenvalue weighted by molar-refractivity contribution is -0.155. The molecule has 1 atom stereocenters. The molecule has 1 aliphatic rings. The molecular formula is C13H24N2O2S. The van der Waals surface area contributed by atoms with Crippen LogP contribution in [-0.2, 0) is 9.59 Å². The number of rotatable bonds is 5. The van der Waals surface area contributed by atoms with Gasteiger partial charge >= 0.3 is 0 Å². The smallest absolute Gasteiger partial charge is 0.246 e. The number of hydrogen-bond donors (Lipinski definition) is 1. The van der Waals surface area contributed by atoms with Crippen molar-refractivity contribution in [1.29, 1.82) is 0 Å². The van der Waals surface area contributed by atoms with Crippen molar-refractivity contribution >= 4 is 23.6 Å². The summed E-state index contributed by atoms with van der Waals surface area (Å²) in [4.78, 5) is 26.3. The average molecular weight is 272 g/mol. The first-order valence-electron chi connectivity index (χ1n) is 6.42. The summed E-state index contributed by atoms with van der Waals surface area (Å²) in [5.74, 6) is 1.26. The quantitative estimate of drug-likeness (QED) is 0.825. The van der Waals surface area contributed by atoms with E-state index in [1.807, 2.05) is 20.1 Å². The third kappa shape index (κ3) is 3.19. The molecule has 1 rings (SSSR count). The third-order valence-electron chi connectivity index (χ3n) is 3.33. The molecule has 1 unspecified atom stereocenters. The van der Waals surface area contributed by atoms with Gasteiger partial charge in [-0.2, -0.15) is 11.8 Å². The van der Waals surface area contributed by atoms with Crippen LogP contribution in [0.4, 0.5) is 0 Å². The number of nitrogens with zero attached hydrogens (tertiary/aromatic N) is 1. The lowest BCUT2D eigenvalue weighted by Crippen LogP contribution is -2.68. The van der Waals surface area contributed by atoms with Gasteiger partial charge in [0.05, 0.1) is 0 Å². The van der Waals surface area contributed by atoms with Crippen molar-refractivity contribution in [3.8, 4) is 0 Å². The zero-order chi connectivity index (χ0) is 13.9. The Morgan fingerprint density at radius 1 is 1.39 bits per heavy atom. The summed E-state index contributed by atoms with van der Waals surface area (Å²) in [5.41, 5.74) is -0.736. The molecule has 0 bridgehead atoms. The number of carbonyl (C=O) groups excluding carboxylic acids is 2. The van der Waals surface area contributed by atoms with Crippen LogP contribution in [0.5, 0.6) is 0 Å². The summed E-state index contributed by atoms with van der Waals surface area (Å²) in [7, 11) is 0. The van der Waals surface area contributed by atoms with E-state index < -0.39 is 5.54 Å². The van der Waals surface area contributed by atoms with Crippen molar-refractivity contribution in [1.82, 2.24) is 10.2 Å². The van der Waals surface area contributed by atoms with Gasteiger partial charge in [-0.15, -0.1) is 0 Å². The molecular weight excluding hydrogens is 248 g/mol. The second-order valence-corrected chi connectivity index (χ2v) is 6.68. The van der Waals surface area contributed by atoms with Crippen molar-refractivity contribution in [2.45, 2.75) is 45.7 Å².